The van der Waals surface area contributed by atoms with Gasteiger partial charge in [0.05, 0.1) is 0 Å². The van der Waals surface area contributed by atoms with Crippen LogP contribution in [0.5, 0.6) is 40.2 Å². The molecule has 7 heteroatoms. The first-order chi connectivity index (χ1) is 16.7. The van der Waals surface area contributed by atoms with E-state index in [9.17, 15) is 35.7 Å². The number of phenolic OH excluding ortho intramolecular Hbond substituents is 7. The molecule has 6 rings (SSSR count). The van der Waals surface area contributed by atoms with Crippen LogP contribution in [0.4, 0.5) is 0 Å². The molecule has 2 aliphatic rings. The van der Waals surface area contributed by atoms with E-state index in [1.165, 1.54) is 30.3 Å². The fourth-order valence-electron chi connectivity index (χ4n) is 5.81. The predicted molar refractivity (Wildman–Crippen MR) is 128 cm³/mol. The first-order valence-electron chi connectivity index (χ1n) is 11.2. The summed E-state index contributed by atoms with van der Waals surface area (Å²) >= 11 is 0. The Balaban J connectivity index is 1.68. The van der Waals surface area contributed by atoms with Gasteiger partial charge in [-0.2, -0.15) is 0 Å². The van der Waals surface area contributed by atoms with E-state index in [1.807, 2.05) is 0 Å². The van der Waals surface area contributed by atoms with Crippen LogP contribution in [0.1, 0.15) is 45.2 Å². The topological polar surface area (TPSA) is 142 Å². The Morgan fingerprint density at radius 2 is 1.11 bits per heavy atom. The van der Waals surface area contributed by atoms with Crippen molar-refractivity contribution >= 4 is 0 Å². The molecule has 0 saturated heterocycles. The summed E-state index contributed by atoms with van der Waals surface area (Å²) in [4.78, 5) is 0. The van der Waals surface area contributed by atoms with Gasteiger partial charge in [-0.3, -0.25) is 0 Å². The quantitative estimate of drug-likeness (QED) is 0.201. The van der Waals surface area contributed by atoms with Crippen LogP contribution in [0, 0.1) is 0 Å². The summed E-state index contributed by atoms with van der Waals surface area (Å²) in [5.74, 6) is -1.92. The lowest BCUT2D eigenvalue weighted by Gasteiger charge is -2.30. The van der Waals surface area contributed by atoms with E-state index in [4.69, 9.17) is 0 Å². The SMILES string of the molecule is Oc1cc(O)c2c(c1)C[C@@H]1c3cc(O)c(O)cc3[C@@H](c3ccc(O)c(O)c3)Cc3cc(O)cc-2c31. The van der Waals surface area contributed by atoms with Gasteiger partial charge in [-0.1, -0.05) is 6.07 Å². The van der Waals surface area contributed by atoms with Crippen LogP contribution >= 0.6 is 0 Å². The summed E-state index contributed by atoms with van der Waals surface area (Å²) in [6, 6.07) is 13.7. The van der Waals surface area contributed by atoms with Crippen molar-refractivity contribution < 1.29 is 35.7 Å². The second-order valence-electron chi connectivity index (χ2n) is 9.30. The minimum atomic E-state index is -0.385. The normalized spacial score (nSPS) is 17.7. The molecular weight excluding hydrogens is 448 g/mol. The molecular formula is C28H22O7. The number of fused-ring (bicyclic) bond motifs is 4. The molecule has 2 atom stereocenters. The molecule has 7 N–H and O–H groups in total. The molecule has 0 fully saturated rings. The predicted octanol–water partition coefficient (Wildman–Crippen LogP) is 4.67. The lowest BCUT2D eigenvalue weighted by Crippen LogP contribution is -2.14. The van der Waals surface area contributed by atoms with E-state index in [2.05, 4.69) is 0 Å². The second kappa shape index (κ2) is 7.24. The fraction of sp³-hybridized carbons (Fsp3) is 0.143. The van der Waals surface area contributed by atoms with Crippen molar-refractivity contribution in [1.29, 1.82) is 0 Å². The highest BCUT2D eigenvalue weighted by Gasteiger charge is 2.37. The number of phenols is 7. The van der Waals surface area contributed by atoms with E-state index in [1.54, 1.807) is 24.3 Å². The molecule has 0 aliphatic heterocycles. The maximum atomic E-state index is 10.7. The molecule has 4 aromatic rings. The van der Waals surface area contributed by atoms with Gasteiger partial charge in [-0.05, 0) is 94.3 Å². The first-order valence-corrected chi connectivity index (χ1v) is 11.2. The van der Waals surface area contributed by atoms with Gasteiger partial charge >= 0.3 is 0 Å². The number of benzene rings is 4. The Hall–Kier alpha value is -4.52. The van der Waals surface area contributed by atoms with Gasteiger partial charge in [0, 0.05) is 23.5 Å². The average Bonchev–Trinajstić information content (AvgIpc) is 2.91. The van der Waals surface area contributed by atoms with Crippen molar-refractivity contribution in [3.05, 3.63) is 88.0 Å². The van der Waals surface area contributed by atoms with Gasteiger partial charge in [0.1, 0.15) is 17.2 Å². The van der Waals surface area contributed by atoms with E-state index >= 15 is 0 Å². The second-order valence-corrected chi connectivity index (χ2v) is 9.30. The van der Waals surface area contributed by atoms with Crippen molar-refractivity contribution in [1.82, 2.24) is 0 Å². The van der Waals surface area contributed by atoms with Gasteiger partial charge < -0.3 is 35.7 Å². The third-order valence-corrected chi connectivity index (χ3v) is 7.23. The Bertz CT molecular complexity index is 1540. The summed E-state index contributed by atoms with van der Waals surface area (Å²) < 4.78 is 0. The Kier molecular flexibility index (Phi) is 4.35. The summed E-state index contributed by atoms with van der Waals surface area (Å²) in [5.41, 5.74) is 5.72. The maximum Gasteiger partial charge on any atom is 0.157 e. The fourth-order valence-corrected chi connectivity index (χ4v) is 5.81. The smallest absolute Gasteiger partial charge is 0.157 e. The van der Waals surface area contributed by atoms with Crippen LogP contribution in [0.3, 0.4) is 0 Å². The van der Waals surface area contributed by atoms with Crippen LogP contribution in [0.15, 0.2) is 54.6 Å². The Labute approximate surface area is 200 Å². The van der Waals surface area contributed by atoms with Crippen LogP contribution in [-0.4, -0.2) is 35.7 Å². The zero-order valence-corrected chi connectivity index (χ0v) is 18.4. The van der Waals surface area contributed by atoms with E-state index < -0.39 is 0 Å². The minimum Gasteiger partial charge on any atom is -0.508 e. The largest absolute Gasteiger partial charge is 0.508 e. The summed E-state index contributed by atoms with van der Waals surface area (Å²) in [6.45, 7) is 0. The summed E-state index contributed by atoms with van der Waals surface area (Å²) in [7, 11) is 0. The van der Waals surface area contributed by atoms with Crippen LogP contribution in [-0.2, 0) is 12.8 Å². The van der Waals surface area contributed by atoms with E-state index in [-0.39, 0.29) is 52.1 Å². The summed E-state index contributed by atoms with van der Waals surface area (Å²) in [5, 5.41) is 72.3. The zero-order chi connectivity index (χ0) is 24.6. The molecule has 0 heterocycles. The minimum absolute atomic E-state index is 0.0155. The van der Waals surface area contributed by atoms with Crippen LogP contribution < -0.4 is 0 Å². The lowest BCUT2D eigenvalue weighted by atomic mass is 9.73. The van der Waals surface area contributed by atoms with Crippen molar-refractivity contribution in [3.63, 3.8) is 0 Å². The van der Waals surface area contributed by atoms with Crippen molar-refractivity contribution in [2.24, 2.45) is 0 Å². The maximum absolute atomic E-state index is 10.7. The molecule has 176 valence electrons. The highest BCUT2D eigenvalue weighted by molar-refractivity contribution is 5.83. The number of hydrogen-bond acceptors (Lipinski definition) is 7. The standard InChI is InChI=1S/C28H22O7/c29-15-3-13-5-17(12-1-2-22(31)23(32)7-12)18-10-24(33)25(34)11-19(18)20-6-14-4-16(30)9-26(35)28(14)21(8-15)27(13)20/h1-4,7-11,17,20,29-35H,5-6H2/t17-,20-/m1/s1. The molecule has 35 heavy (non-hydrogen) atoms. The van der Waals surface area contributed by atoms with E-state index in [0.29, 0.717) is 35.1 Å². The molecule has 0 spiro atoms. The highest BCUT2D eigenvalue weighted by Crippen LogP contribution is 2.55. The van der Waals surface area contributed by atoms with Crippen LogP contribution in [0.2, 0.25) is 0 Å². The van der Waals surface area contributed by atoms with Gasteiger partial charge in [0.15, 0.2) is 23.0 Å². The van der Waals surface area contributed by atoms with Crippen LogP contribution in [0.25, 0.3) is 11.1 Å². The molecule has 0 saturated carbocycles. The van der Waals surface area contributed by atoms with Crippen molar-refractivity contribution in [2.45, 2.75) is 24.7 Å². The lowest BCUT2D eigenvalue weighted by molar-refractivity contribution is 0.401. The van der Waals surface area contributed by atoms with Crippen molar-refractivity contribution in [2.75, 3.05) is 0 Å². The average molecular weight is 470 g/mol. The highest BCUT2D eigenvalue weighted by atomic mass is 16.3. The number of aromatic hydroxyl groups is 7. The first kappa shape index (κ1) is 21.0. The monoisotopic (exact) mass is 470 g/mol. The van der Waals surface area contributed by atoms with Gasteiger partial charge in [0.2, 0.25) is 0 Å². The third kappa shape index (κ3) is 3.12. The molecule has 0 amide bonds. The van der Waals surface area contributed by atoms with E-state index in [0.717, 1.165) is 22.3 Å². The van der Waals surface area contributed by atoms with Gasteiger partial charge in [-0.15, -0.1) is 0 Å². The van der Waals surface area contributed by atoms with Crippen molar-refractivity contribution in [3.8, 4) is 51.4 Å². The third-order valence-electron chi connectivity index (χ3n) is 7.23. The zero-order valence-electron chi connectivity index (χ0n) is 18.4. The molecule has 0 radical (unpaired) electrons. The molecule has 2 aliphatic carbocycles. The molecule has 7 nitrogen and oxygen atoms in total. The molecule has 4 aromatic carbocycles. The molecule has 0 unspecified atom stereocenters. The Morgan fingerprint density at radius 1 is 0.514 bits per heavy atom. The number of rotatable bonds is 1. The van der Waals surface area contributed by atoms with Gasteiger partial charge in [-0.25, -0.2) is 0 Å². The van der Waals surface area contributed by atoms with Gasteiger partial charge in [0.25, 0.3) is 0 Å². The molecule has 0 bridgehead atoms. The molecule has 0 aromatic heterocycles. The Morgan fingerprint density at radius 3 is 1.83 bits per heavy atom. The number of hydrogen-bond donors (Lipinski definition) is 7. The summed E-state index contributed by atoms with van der Waals surface area (Å²) in [6.07, 6.45) is 0.801.